The number of carbonyl (C=O) groups is 1. The number of nitrogens with zero attached hydrogens (tertiary/aromatic N) is 3. The first-order valence-electron chi connectivity index (χ1n) is 13.1. The number of likely N-dealkylation sites (N-methyl/N-ethyl adjacent to an activating group) is 1. The number of hydrogen-bond acceptors (Lipinski definition) is 6. The van der Waals surface area contributed by atoms with E-state index in [1.165, 1.54) is 11.3 Å². The van der Waals surface area contributed by atoms with Crippen molar-refractivity contribution in [2.75, 3.05) is 13.6 Å². The zero-order valence-electron chi connectivity index (χ0n) is 21.8. The number of hydrogen-bond donors (Lipinski definition) is 1. The maximum Gasteiger partial charge on any atom is 0.252 e. The Morgan fingerprint density at radius 3 is 2.79 bits per heavy atom. The first-order chi connectivity index (χ1) is 18.4. The lowest BCUT2D eigenvalue weighted by molar-refractivity contribution is 0.0562. The molecule has 1 aliphatic carbocycles. The molecule has 6 rings (SSSR count). The first kappa shape index (κ1) is 24.8. The summed E-state index contributed by atoms with van der Waals surface area (Å²) in [7, 11) is 3.07. The van der Waals surface area contributed by atoms with E-state index in [4.69, 9.17) is 4.74 Å². The number of nitrogens with one attached hydrogen (secondary N) is 1. The molecule has 0 spiro atoms. The minimum absolute atomic E-state index is 0.0820. The molecule has 0 bridgehead atoms. The quantitative estimate of drug-likeness (QED) is 0.354. The summed E-state index contributed by atoms with van der Waals surface area (Å²) in [4.78, 5) is 22.4. The predicted molar refractivity (Wildman–Crippen MR) is 155 cm³/mol. The Morgan fingerprint density at radius 1 is 1.26 bits per heavy atom. The lowest BCUT2D eigenvalue weighted by Gasteiger charge is -2.41. The highest BCUT2D eigenvalue weighted by Gasteiger charge is 2.47. The van der Waals surface area contributed by atoms with Crippen molar-refractivity contribution in [2.45, 2.75) is 43.5 Å². The van der Waals surface area contributed by atoms with E-state index < -0.39 is 5.54 Å². The molecule has 0 unspecified atom stereocenters. The maximum absolute atomic E-state index is 13.7. The van der Waals surface area contributed by atoms with Gasteiger partial charge in [-0.25, -0.2) is 0 Å². The normalized spacial score (nSPS) is 18.9. The van der Waals surface area contributed by atoms with Gasteiger partial charge >= 0.3 is 0 Å². The fourth-order valence-electron chi connectivity index (χ4n) is 5.49. The van der Waals surface area contributed by atoms with E-state index in [-0.39, 0.29) is 11.6 Å². The molecule has 8 heteroatoms. The number of fused-ring (bicyclic) bond motifs is 1. The van der Waals surface area contributed by atoms with Gasteiger partial charge in [-0.1, -0.05) is 12.1 Å². The summed E-state index contributed by atoms with van der Waals surface area (Å²) in [5.41, 5.74) is 4.32. The smallest absolute Gasteiger partial charge is 0.252 e. The number of aryl methyl sites for hydroxylation is 1. The molecular formula is C30H30N4O2SSi. The Bertz CT molecular complexity index is 1590. The lowest BCUT2D eigenvalue weighted by atomic mass is 9.95. The van der Waals surface area contributed by atoms with E-state index in [1.54, 1.807) is 6.20 Å². The molecule has 4 aromatic rings. The van der Waals surface area contributed by atoms with Crippen LogP contribution >= 0.6 is 11.3 Å². The zero-order valence-corrected chi connectivity index (χ0v) is 24.6. The Hall–Kier alpha value is -3.51. The van der Waals surface area contributed by atoms with Crippen molar-refractivity contribution < 1.29 is 9.53 Å². The van der Waals surface area contributed by atoms with Gasteiger partial charge in [-0.05, 0) is 98.9 Å². The molecule has 3 heterocycles. The number of likely N-dealkylation sites (tertiary alicyclic amines) is 1. The Balaban J connectivity index is 1.31. The molecule has 2 fully saturated rings. The molecule has 2 aliphatic rings. The van der Waals surface area contributed by atoms with Crippen LogP contribution in [0, 0.1) is 18.3 Å². The molecule has 0 radical (unpaired) electrons. The number of benzene rings is 2. The van der Waals surface area contributed by atoms with Crippen molar-refractivity contribution in [2.24, 2.45) is 0 Å². The second kappa shape index (κ2) is 9.66. The van der Waals surface area contributed by atoms with E-state index in [2.05, 4.69) is 46.5 Å². The third kappa shape index (κ3) is 4.51. The standard InChI is InChI=1S/C30H30N4O2SSi/c1-18-5-6-20(36-29(38)26-9-13-34(26)2)16-23(18)28(35)33-30(10-11-30)24-14-19(27-8-7-21(17-31)37-27)15-25-22(24)4-3-12-32-25/h3-8,12,14-16,26,29H,9-11,13H2,1-2,38H3,(H,33,35)/t26-,29-/m0/s1. The highest BCUT2D eigenvalue weighted by molar-refractivity contribution is 7.16. The van der Waals surface area contributed by atoms with Crippen LogP contribution in [0.4, 0.5) is 0 Å². The summed E-state index contributed by atoms with van der Waals surface area (Å²) in [5.74, 6) is 0.676. The molecular weight excluding hydrogens is 509 g/mol. The lowest BCUT2D eigenvalue weighted by Crippen LogP contribution is -2.53. The minimum Gasteiger partial charge on any atom is -0.494 e. The molecule has 38 heavy (non-hydrogen) atoms. The topological polar surface area (TPSA) is 78.2 Å². The van der Waals surface area contributed by atoms with Gasteiger partial charge in [0, 0.05) is 28.1 Å². The fourth-order valence-corrected chi connectivity index (χ4v) is 7.39. The molecule has 192 valence electrons. The van der Waals surface area contributed by atoms with E-state index >= 15 is 0 Å². The molecule has 1 saturated heterocycles. The van der Waals surface area contributed by atoms with Crippen molar-refractivity contribution in [3.63, 3.8) is 0 Å². The van der Waals surface area contributed by atoms with Crippen LogP contribution < -0.4 is 10.1 Å². The van der Waals surface area contributed by atoms with Crippen LogP contribution in [-0.4, -0.2) is 51.4 Å². The van der Waals surface area contributed by atoms with Crippen LogP contribution in [0.15, 0.2) is 60.8 Å². The number of nitriles is 1. The van der Waals surface area contributed by atoms with Crippen LogP contribution in [0.1, 0.15) is 45.6 Å². The monoisotopic (exact) mass is 538 g/mol. The highest BCUT2D eigenvalue weighted by atomic mass is 32.1. The van der Waals surface area contributed by atoms with E-state index in [0.29, 0.717) is 16.5 Å². The van der Waals surface area contributed by atoms with Crippen LogP contribution in [0.2, 0.25) is 0 Å². The largest absolute Gasteiger partial charge is 0.494 e. The van der Waals surface area contributed by atoms with Crippen LogP contribution in [0.5, 0.6) is 5.75 Å². The zero-order chi connectivity index (χ0) is 26.4. The van der Waals surface area contributed by atoms with Crippen molar-refractivity contribution in [3.05, 3.63) is 82.4 Å². The SMILES string of the molecule is Cc1ccc(O[C@@H]([SiH3])[C@@H]2CCN2C)cc1C(=O)NC1(c2cc(-c3ccc(C#N)s3)cc3ncccc23)CC1. The van der Waals surface area contributed by atoms with Crippen molar-refractivity contribution >= 4 is 38.4 Å². The van der Waals surface area contributed by atoms with Gasteiger partial charge in [-0.15, -0.1) is 11.3 Å². The average molecular weight is 539 g/mol. The summed E-state index contributed by atoms with van der Waals surface area (Å²) >= 11 is 1.47. The van der Waals surface area contributed by atoms with Gasteiger partial charge in [-0.3, -0.25) is 9.78 Å². The Morgan fingerprint density at radius 2 is 2.11 bits per heavy atom. The summed E-state index contributed by atoms with van der Waals surface area (Å²) in [6.07, 6.45) is 4.69. The van der Waals surface area contributed by atoms with Crippen LogP contribution in [0.25, 0.3) is 21.3 Å². The minimum atomic E-state index is -0.443. The van der Waals surface area contributed by atoms with E-state index in [9.17, 15) is 10.1 Å². The highest BCUT2D eigenvalue weighted by Crippen LogP contribution is 2.49. The van der Waals surface area contributed by atoms with Gasteiger partial charge in [-0.2, -0.15) is 5.26 Å². The van der Waals surface area contributed by atoms with Crippen molar-refractivity contribution in [1.29, 1.82) is 5.26 Å². The summed E-state index contributed by atoms with van der Waals surface area (Å²) in [5, 5.41) is 13.7. The predicted octanol–water partition coefficient (Wildman–Crippen LogP) is 4.34. The molecule has 6 nitrogen and oxygen atoms in total. The molecule has 2 aromatic heterocycles. The first-order valence-corrected chi connectivity index (χ1v) is 15.0. The fraction of sp³-hybridized carbons (Fsp3) is 0.300. The van der Waals surface area contributed by atoms with Crippen molar-refractivity contribution in [3.8, 4) is 22.3 Å². The molecule has 1 N–H and O–H groups in total. The molecule has 1 aliphatic heterocycles. The van der Waals surface area contributed by atoms with Gasteiger partial charge in [0.15, 0.2) is 0 Å². The second-order valence-corrected chi connectivity index (χ2v) is 12.8. The molecule has 1 amide bonds. The van der Waals surface area contributed by atoms with Gasteiger partial charge in [0.2, 0.25) is 0 Å². The summed E-state index contributed by atoms with van der Waals surface area (Å²) < 4.78 is 6.31. The van der Waals surface area contributed by atoms with Gasteiger partial charge in [0.25, 0.3) is 5.91 Å². The van der Waals surface area contributed by atoms with Crippen LogP contribution in [-0.2, 0) is 5.54 Å². The number of ether oxygens (including phenoxy) is 1. The summed E-state index contributed by atoms with van der Waals surface area (Å²) in [6.45, 7) is 3.09. The second-order valence-electron chi connectivity index (χ2n) is 10.5. The van der Waals surface area contributed by atoms with Crippen LogP contribution in [0.3, 0.4) is 0 Å². The Labute approximate surface area is 229 Å². The maximum atomic E-state index is 13.7. The Kier molecular flexibility index (Phi) is 6.30. The van der Waals surface area contributed by atoms with Gasteiger partial charge in [0.1, 0.15) is 16.7 Å². The number of rotatable bonds is 7. The summed E-state index contributed by atoms with van der Waals surface area (Å²) in [6, 6.07) is 20.6. The number of aromatic nitrogens is 1. The number of amides is 1. The third-order valence-corrected chi connectivity index (χ3v) is 10.0. The van der Waals surface area contributed by atoms with Crippen molar-refractivity contribution in [1.82, 2.24) is 15.2 Å². The molecule has 2 atom stereocenters. The van der Waals surface area contributed by atoms with Gasteiger partial charge < -0.3 is 15.0 Å². The molecule has 2 aromatic carbocycles. The number of carbonyl (C=O) groups excluding carboxylic acids is 1. The van der Waals surface area contributed by atoms with Gasteiger partial charge in [0.05, 0.1) is 27.0 Å². The average Bonchev–Trinajstić information content (AvgIpc) is 3.52. The third-order valence-electron chi connectivity index (χ3n) is 8.00. The van der Waals surface area contributed by atoms with E-state index in [0.717, 1.165) is 74.3 Å². The number of pyridine rings is 1. The number of thiophene rings is 1. The van der Waals surface area contributed by atoms with E-state index in [1.807, 2.05) is 43.3 Å². The molecule has 1 saturated carbocycles.